The topological polar surface area (TPSA) is 95.7 Å². The Kier molecular flexibility index (Phi) is 9.89. The summed E-state index contributed by atoms with van der Waals surface area (Å²) in [6, 6.07) is 6.22. The highest BCUT2D eigenvalue weighted by atomic mass is 16.6. The Labute approximate surface area is 147 Å². The van der Waals surface area contributed by atoms with Gasteiger partial charge in [0.15, 0.2) is 0 Å². The van der Waals surface area contributed by atoms with Crippen LogP contribution < -0.4 is 0 Å². The summed E-state index contributed by atoms with van der Waals surface area (Å²) in [4.78, 5) is 33.3. The lowest BCUT2D eigenvalue weighted by molar-refractivity contribution is -0.384. The zero-order chi connectivity index (χ0) is 18.5. The molecular weight excluding hydrogens is 326 g/mol. The van der Waals surface area contributed by atoms with Crippen LogP contribution in [0.25, 0.3) is 0 Å². The fourth-order valence-corrected chi connectivity index (χ4v) is 2.17. The number of hydrogen-bond donors (Lipinski definition) is 0. The van der Waals surface area contributed by atoms with Crippen LogP contribution in [0.4, 0.5) is 5.69 Å². The average Bonchev–Trinajstić information content (AvgIpc) is 2.59. The second kappa shape index (κ2) is 12.0. The van der Waals surface area contributed by atoms with Crippen molar-refractivity contribution in [1.29, 1.82) is 0 Å². The maximum Gasteiger partial charge on any atom is 0.305 e. The molecule has 0 aromatic heterocycles. The van der Waals surface area contributed by atoms with Gasteiger partial charge in [-0.05, 0) is 18.4 Å². The van der Waals surface area contributed by atoms with E-state index in [1.165, 1.54) is 12.1 Å². The molecule has 0 spiro atoms. The summed E-state index contributed by atoms with van der Waals surface area (Å²) in [5.41, 5.74) is 0.749. The van der Waals surface area contributed by atoms with Gasteiger partial charge in [-0.15, -0.1) is 0 Å². The van der Waals surface area contributed by atoms with E-state index in [0.717, 1.165) is 24.8 Å². The number of non-ortho nitro benzene ring substituents is 1. The van der Waals surface area contributed by atoms with E-state index in [2.05, 4.69) is 6.92 Å². The van der Waals surface area contributed by atoms with Crippen LogP contribution >= 0.6 is 0 Å². The van der Waals surface area contributed by atoms with Crippen LogP contribution in [0.15, 0.2) is 24.3 Å². The quantitative estimate of drug-likeness (QED) is 0.247. The van der Waals surface area contributed by atoms with Crippen LogP contribution in [0.1, 0.15) is 51.0 Å². The van der Waals surface area contributed by atoms with Crippen molar-refractivity contribution in [3.05, 3.63) is 39.9 Å². The first-order chi connectivity index (χ1) is 12.0. The van der Waals surface area contributed by atoms with Gasteiger partial charge < -0.3 is 9.47 Å². The highest BCUT2D eigenvalue weighted by Crippen LogP contribution is 2.13. The summed E-state index contributed by atoms with van der Waals surface area (Å²) in [5, 5.41) is 10.7. The first kappa shape index (κ1) is 20.6. The number of carbonyl (C=O) groups is 2. The second-order valence-electron chi connectivity index (χ2n) is 5.68. The Bertz CT molecular complexity index is 572. The van der Waals surface area contributed by atoms with Gasteiger partial charge in [0.2, 0.25) is 0 Å². The molecule has 0 saturated carbocycles. The minimum atomic E-state index is -0.461. The smallest absolute Gasteiger partial charge is 0.305 e. The van der Waals surface area contributed by atoms with Gasteiger partial charge >= 0.3 is 11.9 Å². The van der Waals surface area contributed by atoms with Crippen molar-refractivity contribution in [1.82, 2.24) is 0 Å². The predicted molar refractivity (Wildman–Crippen MR) is 92.1 cm³/mol. The number of nitrogens with zero attached hydrogens (tertiary/aromatic N) is 1. The van der Waals surface area contributed by atoms with Crippen LogP contribution in [0.5, 0.6) is 0 Å². The lowest BCUT2D eigenvalue weighted by atomic mass is 10.1. The number of hydrogen-bond acceptors (Lipinski definition) is 6. The molecule has 1 aromatic rings. The van der Waals surface area contributed by atoms with E-state index in [-0.39, 0.29) is 37.1 Å². The van der Waals surface area contributed by atoms with Crippen LogP contribution in [0, 0.1) is 10.1 Å². The third-order valence-corrected chi connectivity index (χ3v) is 3.55. The molecule has 0 heterocycles. The number of unbranched alkanes of at least 4 members (excludes halogenated alkanes) is 2. The van der Waals surface area contributed by atoms with Crippen LogP contribution in [-0.2, 0) is 25.5 Å². The van der Waals surface area contributed by atoms with Crippen molar-refractivity contribution in [3.63, 3.8) is 0 Å². The van der Waals surface area contributed by atoms with Gasteiger partial charge in [0.25, 0.3) is 5.69 Å². The van der Waals surface area contributed by atoms with Crippen LogP contribution in [0.2, 0.25) is 0 Å². The molecule has 0 aliphatic rings. The van der Waals surface area contributed by atoms with Gasteiger partial charge in [-0.1, -0.05) is 31.9 Å². The molecule has 0 atom stereocenters. The lowest BCUT2D eigenvalue weighted by Crippen LogP contribution is -2.10. The van der Waals surface area contributed by atoms with Crippen molar-refractivity contribution in [2.24, 2.45) is 0 Å². The number of nitro benzene ring substituents is 1. The second-order valence-corrected chi connectivity index (χ2v) is 5.68. The van der Waals surface area contributed by atoms with E-state index >= 15 is 0 Å². The summed E-state index contributed by atoms with van der Waals surface area (Å²) < 4.78 is 10.1. The number of ether oxygens (including phenoxy) is 2. The van der Waals surface area contributed by atoms with Crippen molar-refractivity contribution < 1.29 is 24.0 Å². The van der Waals surface area contributed by atoms with Gasteiger partial charge in [-0.2, -0.15) is 0 Å². The SMILES string of the molecule is CCCCCOC(=O)CCCC(=O)OCCc1cccc([N+](=O)[O-])c1. The Morgan fingerprint density at radius 1 is 1.04 bits per heavy atom. The molecule has 7 nitrogen and oxygen atoms in total. The first-order valence-corrected chi connectivity index (χ1v) is 8.57. The highest BCUT2D eigenvalue weighted by molar-refractivity contribution is 5.72. The van der Waals surface area contributed by atoms with Gasteiger partial charge in [0.05, 0.1) is 18.1 Å². The summed E-state index contributed by atoms with van der Waals surface area (Å²) in [5.74, 6) is -0.676. The molecule has 0 unspecified atom stereocenters. The summed E-state index contributed by atoms with van der Waals surface area (Å²) in [6.07, 6.45) is 4.12. The zero-order valence-electron chi connectivity index (χ0n) is 14.6. The first-order valence-electron chi connectivity index (χ1n) is 8.57. The molecule has 138 valence electrons. The van der Waals surface area contributed by atoms with E-state index in [1.807, 2.05) is 0 Å². The number of carbonyl (C=O) groups excluding carboxylic acids is 2. The van der Waals surface area contributed by atoms with Crippen molar-refractivity contribution >= 4 is 17.6 Å². The standard InChI is InChI=1S/C18H25NO6/c1-2-3-4-12-24-17(20)9-6-10-18(21)25-13-11-15-7-5-8-16(14-15)19(22)23/h5,7-8,14H,2-4,6,9-13H2,1H3. The molecule has 0 aliphatic carbocycles. The van der Waals surface area contributed by atoms with E-state index in [0.29, 0.717) is 19.4 Å². The third-order valence-electron chi connectivity index (χ3n) is 3.55. The molecule has 0 aliphatic heterocycles. The van der Waals surface area contributed by atoms with Crippen molar-refractivity contribution in [2.75, 3.05) is 13.2 Å². The molecule has 0 bridgehead atoms. The van der Waals surface area contributed by atoms with Gasteiger partial charge in [-0.3, -0.25) is 19.7 Å². The van der Waals surface area contributed by atoms with E-state index in [4.69, 9.17) is 9.47 Å². The Morgan fingerprint density at radius 2 is 1.72 bits per heavy atom. The predicted octanol–water partition coefficient (Wildman–Crippen LogP) is 3.58. The molecule has 1 rings (SSSR count). The summed E-state index contributed by atoms with van der Waals surface area (Å²) in [7, 11) is 0. The zero-order valence-corrected chi connectivity index (χ0v) is 14.6. The molecule has 1 aromatic carbocycles. The monoisotopic (exact) mass is 351 g/mol. The average molecular weight is 351 g/mol. The van der Waals surface area contributed by atoms with E-state index in [9.17, 15) is 19.7 Å². The van der Waals surface area contributed by atoms with Crippen molar-refractivity contribution in [3.8, 4) is 0 Å². The number of rotatable bonds is 12. The number of nitro groups is 1. The normalized spacial score (nSPS) is 10.3. The molecule has 7 heteroatoms. The molecule has 25 heavy (non-hydrogen) atoms. The van der Waals surface area contributed by atoms with Crippen molar-refractivity contribution in [2.45, 2.75) is 51.9 Å². The van der Waals surface area contributed by atoms with Gasteiger partial charge in [-0.25, -0.2) is 0 Å². The maximum atomic E-state index is 11.6. The number of benzene rings is 1. The molecule has 0 amide bonds. The highest BCUT2D eigenvalue weighted by Gasteiger charge is 2.09. The Hall–Kier alpha value is -2.44. The largest absolute Gasteiger partial charge is 0.466 e. The fraction of sp³-hybridized carbons (Fsp3) is 0.556. The number of esters is 2. The third kappa shape index (κ3) is 9.44. The van der Waals surface area contributed by atoms with Gasteiger partial charge in [0, 0.05) is 31.4 Å². The minimum Gasteiger partial charge on any atom is -0.466 e. The molecule has 0 radical (unpaired) electrons. The summed E-state index contributed by atoms with van der Waals surface area (Å²) >= 11 is 0. The molecule has 0 saturated heterocycles. The van der Waals surface area contributed by atoms with Crippen LogP contribution in [0.3, 0.4) is 0 Å². The van der Waals surface area contributed by atoms with Gasteiger partial charge in [0.1, 0.15) is 0 Å². The minimum absolute atomic E-state index is 0.0151. The lowest BCUT2D eigenvalue weighted by Gasteiger charge is -2.06. The van der Waals surface area contributed by atoms with E-state index < -0.39 is 4.92 Å². The fourth-order valence-electron chi connectivity index (χ4n) is 2.17. The van der Waals surface area contributed by atoms with Crippen LogP contribution in [-0.4, -0.2) is 30.1 Å². The molecule has 0 N–H and O–H groups in total. The van der Waals surface area contributed by atoms with E-state index in [1.54, 1.807) is 12.1 Å². The Balaban J connectivity index is 2.14. The molecule has 0 fully saturated rings. The molecular formula is C18H25NO6. The maximum absolute atomic E-state index is 11.6. The summed E-state index contributed by atoms with van der Waals surface area (Å²) in [6.45, 7) is 2.66. The Morgan fingerprint density at radius 3 is 2.36 bits per heavy atom.